The summed E-state index contributed by atoms with van der Waals surface area (Å²) in [6.45, 7) is 4.03. The molecule has 2 rings (SSSR count). The van der Waals surface area contributed by atoms with Gasteiger partial charge in [-0.3, -0.25) is 9.59 Å². The number of hydrogen-bond donors (Lipinski definition) is 2. The van der Waals surface area contributed by atoms with Crippen LogP contribution in [0.3, 0.4) is 0 Å². The number of fused-ring (bicyclic) bond motifs is 1. The Morgan fingerprint density at radius 1 is 1.30 bits per heavy atom. The second-order valence-electron chi connectivity index (χ2n) is 4.31. The molecule has 0 spiro atoms. The van der Waals surface area contributed by atoms with Crippen molar-refractivity contribution in [3.63, 3.8) is 0 Å². The summed E-state index contributed by atoms with van der Waals surface area (Å²) in [6, 6.07) is 5.33. The van der Waals surface area contributed by atoms with E-state index in [1.807, 2.05) is 13.0 Å². The van der Waals surface area contributed by atoms with Crippen LogP contribution < -0.4 is 10.6 Å². The van der Waals surface area contributed by atoms with E-state index in [-0.39, 0.29) is 18.2 Å². The average molecular weight is 295 g/mol. The van der Waals surface area contributed by atoms with Crippen LogP contribution in [0.15, 0.2) is 22.6 Å². The number of amides is 2. The molecule has 0 atom stereocenters. The third-order valence-electron chi connectivity index (χ3n) is 2.91. The third-order valence-corrected chi connectivity index (χ3v) is 3.20. The smallest absolute Gasteiger partial charge is 0.287 e. The number of furan rings is 1. The van der Waals surface area contributed by atoms with Gasteiger partial charge in [-0.15, -0.1) is 0 Å². The lowest BCUT2D eigenvalue weighted by atomic mass is 10.1. The summed E-state index contributed by atoms with van der Waals surface area (Å²) >= 11 is 6.03. The van der Waals surface area contributed by atoms with Crippen LogP contribution in [0.4, 0.5) is 0 Å². The van der Waals surface area contributed by atoms with Gasteiger partial charge >= 0.3 is 0 Å². The van der Waals surface area contributed by atoms with Gasteiger partial charge in [0, 0.05) is 17.5 Å². The largest absolute Gasteiger partial charge is 0.449 e. The first kappa shape index (κ1) is 14.4. The van der Waals surface area contributed by atoms with Gasteiger partial charge < -0.3 is 15.1 Å². The van der Waals surface area contributed by atoms with Crippen molar-refractivity contribution in [3.05, 3.63) is 34.5 Å². The molecule has 106 valence electrons. The summed E-state index contributed by atoms with van der Waals surface area (Å²) in [5.74, 6) is -0.494. The lowest BCUT2D eigenvalue weighted by Gasteiger charge is -2.03. The van der Waals surface area contributed by atoms with Gasteiger partial charge in [-0.1, -0.05) is 23.7 Å². The topological polar surface area (TPSA) is 71.3 Å². The summed E-state index contributed by atoms with van der Waals surface area (Å²) in [6.07, 6.45) is 0. The van der Waals surface area contributed by atoms with Gasteiger partial charge in [-0.05, 0) is 19.9 Å². The van der Waals surface area contributed by atoms with Gasteiger partial charge in [-0.25, -0.2) is 0 Å². The number of rotatable bonds is 4. The van der Waals surface area contributed by atoms with E-state index in [0.717, 1.165) is 5.39 Å². The average Bonchev–Trinajstić information content (AvgIpc) is 2.76. The normalized spacial score (nSPS) is 10.6. The van der Waals surface area contributed by atoms with Crippen molar-refractivity contribution in [1.29, 1.82) is 0 Å². The highest BCUT2D eigenvalue weighted by Crippen LogP contribution is 2.30. The number of carbonyl (C=O) groups is 2. The Labute approximate surface area is 121 Å². The number of carbonyl (C=O) groups excluding carboxylic acids is 2. The molecule has 6 heteroatoms. The van der Waals surface area contributed by atoms with Crippen LogP contribution in [0.25, 0.3) is 11.0 Å². The van der Waals surface area contributed by atoms with E-state index in [1.165, 1.54) is 0 Å². The predicted molar refractivity (Wildman–Crippen MR) is 77.0 cm³/mol. The minimum absolute atomic E-state index is 0.0864. The molecule has 0 aliphatic carbocycles. The first-order valence-corrected chi connectivity index (χ1v) is 6.65. The molecule has 1 heterocycles. The standard InChI is InChI=1S/C14H15ClN2O3/c1-3-16-11(18)7-17-14(19)12-8(2)9-5-4-6-10(15)13(9)20-12/h4-6H,3,7H2,1-2H3,(H,16,18)(H,17,19). The fraction of sp³-hybridized carbons (Fsp3) is 0.286. The van der Waals surface area contributed by atoms with Gasteiger partial charge in [-0.2, -0.15) is 0 Å². The van der Waals surface area contributed by atoms with Gasteiger partial charge in [0.05, 0.1) is 11.6 Å². The van der Waals surface area contributed by atoms with Crippen LogP contribution in [0.5, 0.6) is 0 Å². The van der Waals surface area contributed by atoms with Crippen LogP contribution in [0.2, 0.25) is 5.02 Å². The Bertz CT molecular complexity index is 664. The van der Waals surface area contributed by atoms with Crippen molar-refractivity contribution in [2.75, 3.05) is 13.1 Å². The maximum absolute atomic E-state index is 12.0. The molecular weight excluding hydrogens is 280 g/mol. The number of likely N-dealkylation sites (N-methyl/N-ethyl adjacent to an activating group) is 1. The van der Waals surface area contributed by atoms with Crippen LogP contribution in [0, 0.1) is 6.92 Å². The molecule has 0 saturated heterocycles. The van der Waals surface area contributed by atoms with Crippen LogP contribution >= 0.6 is 11.6 Å². The Hall–Kier alpha value is -2.01. The molecule has 1 aromatic heterocycles. The number of nitrogens with one attached hydrogen (secondary N) is 2. The van der Waals surface area contributed by atoms with Crippen LogP contribution in [-0.2, 0) is 4.79 Å². The van der Waals surface area contributed by atoms with Crippen molar-refractivity contribution in [2.24, 2.45) is 0 Å². The lowest BCUT2D eigenvalue weighted by molar-refractivity contribution is -0.120. The van der Waals surface area contributed by atoms with Gasteiger partial charge in [0.25, 0.3) is 5.91 Å². The lowest BCUT2D eigenvalue weighted by Crippen LogP contribution is -2.36. The zero-order valence-electron chi connectivity index (χ0n) is 11.2. The van der Waals surface area contributed by atoms with Crippen molar-refractivity contribution in [2.45, 2.75) is 13.8 Å². The summed E-state index contributed by atoms with van der Waals surface area (Å²) in [7, 11) is 0. The Morgan fingerprint density at radius 3 is 2.70 bits per heavy atom. The number of aryl methyl sites for hydroxylation is 1. The molecule has 5 nitrogen and oxygen atoms in total. The Morgan fingerprint density at radius 2 is 2.05 bits per heavy atom. The first-order chi connectivity index (χ1) is 9.54. The first-order valence-electron chi connectivity index (χ1n) is 6.27. The van der Waals surface area contributed by atoms with Crippen molar-refractivity contribution < 1.29 is 14.0 Å². The summed E-state index contributed by atoms with van der Waals surface area (Å²) < 4.78 is 5.51. The fourth-order valence-electron chi connectivity index (χ4n) is 1.93. The number of para-hydroxylation sites is 1. The fourth-order valence-corrected chi connectivity index (χ4v) is 2.14. The second-order valence-corrected chi connectivity index (χ2v) is 4.72. The van der Waals surface area contributed by atoms with Gasteiger partial charge in [0.2, 0.25) is 5.91 Å². The third kappa shape index (κ3) is 2.77. The molecular formula is C14H15ClN2O3. The van der Waals surface area contributed by atoms with Crippen LogP contribution in [0.1, 0.15) is 23.0 Å². The molecule has 0 aliphatic rings. The molecule has 2 N–H and O–H groups in total. The molecule has 0 saturated carbocycles. The van der Waals surface area contributed by atoms with E-state index < -0.39 is 5.91 Å². The highest BCUT2D eigenvalue weighted by atomic mass is 35.5. The quantitative estimate of drug-likeness (QED) is 0.908. The molecule has 2 aromatic rings. The number of hydrogen-bond acceptors (Lipinski definition) is 3. The van der Waals surface area contributed by atoms with Gasteiger partial charge in [0.15, 0.2) is 11.3 Å². The highest BCUT2D eigenvalue weighted by molar-refractivity contribution is 6.35. The Balaban J connectivity index is 2.20. The van der Waals surface area contributed by atoms with Crippen molar-refractivity contribution in [1.82, 2.24) is 10.6 Å². The van der Waals surface area contributed by atoms with E-state index in [2.05, 4.69) is 10.6 Å². The predicted octanol–water partition coefficient (Wildman–Crippen LogP) is 2.26. The van der Waals surface area contributed by atoms with Crippen LogP contribution in [-0.4, -0.2) is 24.9 Å². The molecule has 0 bridgehead atoms. The van der Waals surface area contributed by atoms with Crippen molar-refractivity contribution >= 4 is 34.4 Å². The second kappa shape index (κ2) is 5.96. The minimum Gasteiger partial charge on any atom is -0.449 e. The Kier molecular flexibility index (Phi) is 4.29. The molecule has 0 aliphatic heterocycles. The molecule has 20 heavy (non-hydrogen) atoms. The maximum Gasteiger partial charge on any atom is 0.287 e. The summed E-state index contributed by atoms with van der Waals surface area (Å²) in [4.78, 5) is 23.3. The minimum atomic E-state index is -0.430. The monoisotopic (exact) mass is 294 g/mol. The van der Waals surface area contributed by atoms with Gasteiger partial charge in [0.1, 0.15) is 0 Å². The number of benzene rings is 1. The molecule has 2 amide bonds. The molecule has 0 unspecified atom stereocenters. The molecule has 1 aromatic carbocycles. The molecule has 0 fully saturated rings. The SMILES string of the molecule is CCNC(=O)CNC(=O)c1oc2c(Cl)cccc2c1C. The van der Waals surface area contributed by atoms with E-state index in [4.69, 9.17) is 16.0 Å². The van der Waals surface area contributed by atoms with E-state index >= 15 is 0 Å². The van der Waals surface area contributed by atoms with E-state index in [9.17, 15) is 9.59 Å². The zero-order valence-corrected chi connectivity index (χ0v) is 12.0. The molecule has 0 radical (unpaired) electrons. The van der Waals surface area contributed by atoms with Crippen molar-refractivity contribution in [3.8, 4) is 0 Å². The van der Waals surface area contributed by atoms with E-state index in [0.29, 0.717) is 22.7 Å². The van der Waals surface area contributed by atoms with E-state index in [1.54, 1.807) is 19.1 Å². The summed E-state index contributed by atoms with van der Waals surface area (Å²) in [5, 5.41) is 6.36. The number of halogens is 1. The maximum atomic E-state index is 12.0. The zero-order chi connectivity index (χ0) is 14.7. The summed E-state index contributed by atoms with van der Waals surface area (Å²) in [5.41, 5.74) is 1.19. The highest BCUT2D eigenvalue weighted by Gasteiger charge is 2.19.